The Morgan fingerprint density at radius 2 is 1.75 bits per heavy atom. The molecule has 1 aromatic heterocycles. The third-order valence-corrected chi connectivity index (χ3v) is 2.32. The molecule has 20 heavy (non-hydrogen) atoms. The van der Waals surface area contributed by atoms with Gasteiger partial charge in [-0.3, -0.25) is 0 Å². The van der Waals surface area contributed by atoms with Crippen LogP contribution in [0.4, 0.5) is 0 Å². The maximum atomic E-state index is 11.5. The maximum absolute atomic E-state index is 11.5. The van der Waals surface area contributed by atoms with E-state index in [-0.39, 0.29) is 23.7 Å². The van der Waals surface area contributed by atoms with Crippen LogP contribution in [0.1, 0.15) is 54.7 Å². The molecule has 0 aliphatic heterocycles. The fourth-order valence-electron chi connectivity index (χ4n) is 1.38. The highest BCUT2D eigenvalue weighted by Crippen LogP contribution is 2.10. The second-order valence-electron chi connectivity index (χ2n) is 5.27. The van der Waals surface area contributed by atoms with Gasteiger partial charge in [-0.25, -0.2) is 9.59 Å². The highest BCUT2D eigenvalue weighted by molar-refractivity contribution is 5.89. The Labute approximate surface area is 117 Å². The summed E-state index contributed by atoms with van der Waals surface area (Å²) in [6, 6.07) is 2.50. The molecular formula is C14H20O6. The molecule has 1 rings (SSSR count). The molecule has 0 unspecified atom stereocenters. The molecule has 1 N–H and O–H groups in total. The van der Waals surface area contributed by atoms with E-state index in [1.807, 2.05) is 20.8 Å². The van der Waals surface area contributed by atoms with Crippen LogP contribution in [0.2, 0.25) is 0 Å². The maximum Gasteiger partial charge on any atom is 0.374 e. The Morgan fingerprint density at radius 3 is 2.30 bits per heavy atom. The average molecular weight is 284 g/mol. The van der Waals surface area contributed by atoms with Gasteiger partial charge in [0.05, 0.1) is 12.2 Å². The third-order valence-electron chi connectivity index (χ3n) is 2.32. The lowest BCUT2D eigenvalue weighted by Crippen LogP contribution is -2.19. The first-order valence-corrected chi connectivity index (χ1v) is 6.44. The van der Waals surface area contributed by atoms with Gasteiger partial charge in [-0.2, -0.15) is 0 Å². The standard InChI is InChI=1S/C14H20O6/c1-14(2,3)19-9-5-4-8-18-13(17)11-7-6-10(20-11)12(15)16/h6-7H,4-5,8-9H2,1-3H3,(H,15,16). The van der Waals surface area contributed by atoms with Crippen LogP contribution < -0.4 is 0 Å². The number of carboxylic acid groups (broad SMARTS) is 1. The van der Waals surface area contributed by atoms with Gasteiger partial charge in [-0.15, -0.1) is 0 Å². The van der Waals surface area contributed by atoms with Crippen LogP contribution in [0.15, 0.2) is 16.5 Å². The molecule has 0 saturated heterocycles. The Bertz CT molecular complexity index is 454. The zero-order valence-corrected chi connectivity index (χ0v) is 12.0. The topological polar surface area (TPSA) is 86.0 Å². The largest absolute Gasteiger partial charge is 0.475 e. The van der Waals surface area contributed by atoms with E-state index in [0.717, 1.165) is 6.42 Å². The zero-order chi connectivity index (χ0) is 15.2. The molecule has 0 bridgehead atoms. The number of furan rings is 1. The van der Waals surface area contributed by atoms with E-state index in [2.05, 4.69) is 0 Å². The van der Waals surface area contributed by atoms with Gasteiger partial charge < -0.3 is 19.0 Å². The molecule has 0 spiro atoms. The van der Waals surface area contributed by atoms with Crippen molar-refractivity contribution in [2.24, 2.45) is 0 Å². The van der Waals surface area contributed by atoms with Gasteiger partial charge in [-0.05, 0) is 45.7 Å². The molecule has 0 amide bonds. The third kappa shape index (κ3) is 5.88. The Balaban J connectivity index is 2.21. The number of aromatic carboxylic acids is 1. The first kappa shape index (κ1) is 16.2. The average Bonchev–Trinajstić information content (AvgIpc) is 2.81. The van der Waals surface area contributed by atoms with Gasteiger partial charge in [0.15, 0.2) is 0 Å². The second kappa shape index (κ2) is 7.09. The van der Waals surface area contributed by atoms with E-state index in [9.17, 15) is 9.59 Å². The number of hydrogen-bond donors (Lipinski definition) is 1. The minimum absolute atomic E-state index is 0.103. The lowest BCUT2D eigenvalue weighted by atomic mass is 10.2. The number of esters is 1. The summed E-state index contributed by atoms with van der Waals surface area (Å²) in [5, 5.41) is 8.66. The second-order valence-corrected chi connectivity index (χ2v) is 5.27. The minimum atomic E-state index is -1.22. The van der Waals surface area contributed by atoms with Gasteiger partial charge in [0, 0.05) is 6.61 Å². The summed E-state index contributed by atoms with van der Waals surface area (Å²) in [6.07, 6.45) is 1.46. The van der Waals surface area contributed by atoms with E-state index < -0.39 is 11.9 Å². The number of ether oxygens (including phenoxy) is 2. The number of unbranched alkanes of at least 4 members (excludes halogenated alkanes) is 1. The SMILES string of the molecule is CC(C)(C)OCCCCOC(=O)c1ccc(C(=O)O)o1. The Morgan fingerprint density at radius 1 is 1.15 bits per heavy atom. The minimum Gasteiger partial charge on any atom is -0.475 e. The molecule has 0 radical (unpaired) electrons. The van der Waals surface area contributed by atoms with Crippen molar-refractivity contribution in [3.05, 3.63) is 23.7 Å². The van der Waals surface area contributed by atoms with E-state index in [1.54, 1.807) is 0 Å². The quantitative estimate of drug-likeness (QED) is 0.612. The van der Waals surface area contributed by atoms with Crippen LogP contribution in [-0.2, 0) is 9.47 Å². The molecule has 6 heteroatoms. The molecule has 1 aromatic rings. The lowest BCUT2D eigenvalue weighted by molar-refractivity contribution is -0.00705. The van der Waals surface area contributed by atoms with Gasteiger partial charge in [-0.1, -0.05) is 0 Å². The van der Waals surface area contributed by atoms with E-state index in [4.69, 9.17) is 19.0 Å². The molecule has 0 aromatic carbocycles. The molecule has 0 fully saturated rings. The summed E-state index contributed by atoms with van der Waals surface area (Å²) < 4.78 is 15.3. The summed E-state index contributed by atoms with van der Waals surface area (Å²) in [5.41, 5.74) is -0.169. The van der Waals surface area contributed by atoms with Crippen LogP contribution in [0, 0.1) is 0 Å². The number of carbonyl (C=O) groups excluding carboxylic acids is 1. The molecule has 112 valence electrons. The van der Waals surface area contributed by atoms with Crippen molar-refractivity contribution in [3.8, 4) is 0 Å². The van der Waals surface area contributed by atoms with Crippen molar-refractivity contribution in [1.29, 1.82) is 0 Å². The van der Waals surface area contributed by atoms with Gasteiger partial charge in [0.1, 0.15) is 0 Å². The molecule has 0 aliphatic carbocycles. The Kier molecular flexibility index (Phi) is 5.76. The normalized spacial score (nSPS) is 11.3. The monoisotopic (exact) mass is 284 g/mol. The van der Waals surface area contributed by atoms with Crippen LogP contribution in [0.3, 0.4) is 0 Å². The molecule has 0 atom stereocenters. The van der Waals surface area contributed by atoms with Crippen LogP contribution in [0.25, 0.3) is 0 Å². The van der Waals surface area contributed by atoms with Gasteiger partial charge in [0.25, 0.3) is 0 Å². The highest BCUT2D eigenvalue weighted by Gasteiger charge is 2.16. The molecule has 0 saturated carbocycles. The van der Waals surface area contributed by atoms with E-state index in [0.29, 0.717) is 13.0 Å². The Hall–Kier alpha value is -1.82. The van der Waals surface area contributed by atoms with Crippen LogP contribution in [0.5, 0.6) is 0 Å². The van der Waals surface area contributed by atoms with E-state index in [1.165, 1.54) is 12.1 Å². The number of carbonyl (C=O) groups is 2. The summed E-state index contributed by atoms with van der Waals surface area (Å²) in [7, 11) is 0. The van der Waals surface area contributed by atoms with Crippen LogP contribution in [-0.4, -0.2) is 35.9 Å². The van der Waals surface area contributed by atoms with Gasteiger partial charge >= 0.3 is 11.9 Å². The zero-order valence-electron chi connectivity index (χ0n) is 12.0. The highest BCUT2D eigenvalue weighted by atomic mass is 16.5. The molecule has 1 heterocycles. The first-order valence-electron chi connectivity index (χ1n) is 6.44. The van der Waals surface area contributed by atoms with Crippen molar-refractivity contribution < 1.29 is 28.6 Å². The summed E-state index contributed by atoms with van der Waals surface area (Å²) in [6.45, 7) is 6.78. The molecule has 6 nitrogen and oxygen atoms in total. The molecule has 0 aliphatic rings. The fraction of sp³-hybridized carbons (Fsp3) is 0.571. The van der Waals surface area contributed by atoms with E-state index >= 15 is 0 Å². The first-order chi connectivity index (χ1) is 9.29. The smallest absolute Gasteiger partial charge is 0.374 e. The number of rotatable bonds is 7. The lowest BCUT2D eigenvalue weighted by Gasteiger charge is -2.19. The van der Waals surface area contributed by atoms with Crippen molar-refractivity contribution >= 4 is 11.9 Å². The van der Waals surface area contributed by atoms with Crippen LogP contribution >= 0.6 is 0 Å². The fourth-order valence-corrected chi connectivity index (χ4v) is 1.38. The number of hydrogen-bond acceptors (Lipinski definition) is 5. The molecular weight excluding hydrogens is 264 g/mol. The van der Waals surface area contributed by atoms with Crippen molar-refractivity contribution in [2.45, 2.75) is 39.2 Å². The predicted molar refractivity (Wildman–Crippen MR) is 70.9 cm³/mol. The summed E-state index contributed by atoms with van der Waals surface area (Å²) >= 11 is 0. The summed E-state index contributed by atoms with van der Waals surface area (Å²) in [4.78, 5) is 22.1. The number of carboxylic acids is 1. The summed E-state index contributed by atoms with van der Waals surface area (Å²) in [5.74, 6) is -2.26. The van der Waals surface area contributed by atoms with Crippen molar-refractivity contribution in [3.63, 3.8) is 0 Å². The van der Waals surface area contributed by atoms with Crippen molar-refractivity contribution in [1.82, 2.24) is 0 Å². The van der Waals surface area contributed by atoms with Gasteiger partial charge in [0.2, 0.25) is 11.5 Å². The van der Waals surface area contributed by atoms with Crippen molar-refractivity contribution in [2.75, 3.05) is 13.2 Å². The predicted octanol–water partition coefficient (Wildman–Crippen LogP) is 2.73.